The van der Waals surface area contributed by atoms with Gasteiger partial charge in [-0.3, -0.25) is 14.6 Å². The van der Waals surface area contributed by atoms with Crippen molar-refractivity contribution in [1.29, 1.82) is 0 Å². The number of fused-ring (bicyclic) bond motifs is 2. The van der Waals surface area contributed by atoms with Gasteiger partial charge in [-0.1, -0.05) is 49.7 Å². The van der Waals surface area contributed by atoms with Crippen LogP contribution in [0.3, 0.4) is 0 Å². The minimum atomic E-state index is -0.386. The Labute approximate surface area is 264 Å². The lowest BCUT2D eigenvalue weighted by atomic mass is 10.0. The van der Waals surface area contributed by atoms with Crippen LogP contribution in [0, 0.1) is 6.92 Å². The lowest BCUT2D eigenvalue weighted by Crippen LogP contribution is -2.36. The van der Waals surface area contributed by atoms with Crippen LogP contribution in [0.1, 0.15) is 71.4 Å². The van der Waals surface area contributed by atoms with Gasteiger partial charge in [-0.05, 0) is 55.2 Å². The molecule has 10 nitrogen and oxygen atoms in total. The van der Waals surface area contributed by atoms with Crippen LogP contribution in [0.15, 0.2) is 65.3 Å². The Bertz CT molecular complexity index is 1640. The number of benzene rings is 2. The second-order valence-electron chi connectivity index (χ2n) is 11.5. The van der Waals surface area contributed by atoms with Gasteiger partial charge in [0.05, 0.1) is 24.1 Å². The molecule has 0 aliphatic carbocycles. The van der Waals surface area contributed by atoms with Gasteiger partial charge in [-0.25, -0.2) is 9.79 Å². The SMILES string of the molecule is CCCN(CCC)C(=O)C1=Cc2ccc(C(=O)Nc3cnc4c(c3)CN(C(=O)OCc3ccc(C)cc3)CC4)cc2N=C(N)C1. The van der Waals surface area contributed by atoms with Crippen LogP contribution in [-0.4, -0.2) is 58.2 Å². The van der Waals surface area contributed by atoms with Crippen LogP contribution >= 0.6 is 0 Å². The molecule has 10 heteroatoms. The fraction of sp³-hybridized carbons (Fsp3) is 0.343. The number of carbonyl (C=O) groups is 3. The lowest BCUT2D eigenvalue weighted by Gasteiger charge is -2.27. The summed E-state index contributed by atoms with van der Waals surface area (Å²) in [6.07, 6.45) is 5.65. The van der Waals surface area contributed by atoms with Crippen LogP contribution in [0.2, 0.25) is 0 Å². The number of nitrogens with zero attached hydrogens (tertiary/aromatic N) is 4. The Hall–Kier alpha value is -4.99. The molecule has 45 heavy (non-hydrogen) atoms. The van der Waals surface area contributed by atoms with E-state index in [4.69, 9.17) is 10.5 Å². The molecule has 0 saturated heterocycles. The molecular weight excluding hydrogens is 568 g/mol. The summed E-state index contributed by atoms with van der Waals surface area (Å²) in [5, 5.41) is 2.92. The molecule has 0 radical (unpaired) electrons. The average molecular weight is 609 g/mol. The molecule has 2 aliphatic rings. The molecule has 2 aliphatic heterocycles. The van der Waals surface area contributed by atoms with Crippen LogP contribution < -0.4 is 11.1 Å². The predicted octanol–water partition coefficient (Wildman–Crippen LogP) is 5.76. The van der Waals surface area contributed by atoms with Crippen molar-refractivity contribution in [2.75, 3.05) is 25.0 Å². The molecule has 0 fully saturated rings. The van der Waals surface area contributed by atoms with Gasteiger partial charge >= 0.3 is 6.09 Å². The molecular formula is C35H40N6O4. The number of hydrogen-bond acceptors (Lipinski definition) is 7. The fourth-order valence-corrected chi connectivity index (χ4v) is 5.50. The van der Waals surface area contributed by atoms with E-state index in [1.54, 1.807) is 29.3 Å². The zero-order valence-corrected chi connectivity index (χ0v) is 26.1. The smallest absolute Gasteiger partial charge is 0.410 e. The Kier molecular flexibility index (Phi) is 9.92. The van der Waals surface area contributed by atoms with E-state index < -0.39 is 0 Å². The van der Waals surface area contributed by atoms with Crippen LogP contribution in [0.4, 0.5) is 16.2 Å². The quantitative estimate of drug-likeness (QED) is 0.318. The molecule has 5 rings (SSSR count). The Morgan fingerprint density at radius 1 is 1.04 bits per heavy atom. The summed E-state index contributed by atoms with van der Waals surface area (Å²) >= 11 is 0. The maximum Gasteiger partial charge on any atom is 0.410 e. The number of rotatable bonds is 9. The fourth-order valence-electron chi connectivity index (χ4n) is 5.50. The number of amides is 3. The standard InChI is InChI=1S/C35H40N6O4/c1-4-13-40(14-5-2)34(43)27-16-25-10-11-26(18-31(25)39-32(36)19-27)33(42)38-29-17-28-21-41(15-12-30(28)37-20-29)35(44)45-22-24-8-6-23(3)7-9-24/h6-11,16-18,20H,4-5,12-15,19,21-22H2,1-3H3,(H2,36,39)(H,38,42). The number of carbonyl (C=O) groups excluding carboxylic acids is 3. The van der Waals surface area contributed by atoms with Crippen LogP contribution in [-0.2, 0) is 29.1 Å². The summed E-state index contributed by atoms with van der Waals surface area (Å²) in [5.74, 6) is -0.0516. The Morgan fingerprint density at radius 3 is 2.53 bits per heavy atom. The number of ether oxygens (including phenoxy) is 1. The molecule has 0 saturated carbocycles. The van der Waals surface area contributed by atoms with Crippen molar-refractivity contribution in [2.24, 2.45) is 10.7 Å². The maximum absolute atomic E-state index is 13.3. The minimum absolute atomic E-state index is 0.0375. The number of hydrogen-bond donors (Lipinski definition) is 2. The highest BCUT2D eigenvalue weighted by molar-refractivity contribution is 6.08. The van der Waals surface area contributed by atoms with Crippen molar-refractivity contribution in [3.63, 3.8) is 0 Å². The van der Waals surface area contributed by atoms with E-state index in [2.05, 4.69) is 29.1 Å². The number of aliphatic imine (C=N–C) groups is 1. The summed E-state index contributed by atoms with van der Waals surface area (Å²) in [4.78, 5) is 51.9. The van der Waals surface area contributed by atoms with Crippen molar-refractivity contribution >= 4 is 41.2 Å². The molecule has 0 atom stereocenters. The molecule has 3 N–H and O–H groups in total. The monoisotopic (exact) mass is 608 g/mol. The highest BCUT2D eigenvalue weighted by Gasteiger charge is 2.24. The first kappa shape index (κ1) is 31.4. The second kappa shape index (κ2) is 14.2. The van der Waals surface area contributed by atoms with Gasteiger partial charge in [-0.15, -0.1) is 0 Å². The van der Waals surface area contributed by atoms with Crippen molar-refractivity contribution in [3.8, 4) is 0 Å². The third-order valence-electron chi connectivity index (χ3n) is 7.85. The summed E-state index contributed by atoms with van der Waals surface area (Å²) in [6.45, 7) is 8.53. The van der Waals surface area contributed by atoms with Crippen molar-refractivity contribution in [2.45, 2.75) is 59.6 Å². The van der Waals surface area contributed by atoms with Gasteiger partial charge < -0.3 is 25.6 Å². The van der Waals surface area contributed by atoms with Gasteiger partial charge in [0.15, 0.2) is 0 Å². The van der Waals surface area contributed by atoms with Crippen molar-refractivity contribution < 1.29 is 19.1 Å². The van der Waals surface area contributed by atoms with Crippen molar-refractivity contribution in [1.82, 2.24) is 14.8 Å². The third kappa shape index (κ3) is 7.75. The number of nitrogens with two attached hydrogens (primary N) is 1. The van der Waals surface area contributed by atoms with E-state index in [0.29, 0.717) is 60.9 Å². The van der Waals surface area contributed by atoms with Gasteiger partial charge in [0.2, 0.25) is 5.91 Å². The third-order valence-corrected chi connectivity index (χ3v) is 7.85. The summed E-state index contributed by atoms with van der Waals surface area (Å²) in [5.41, 5.74) is 12.8. The molecule has 234 valence electrons. The van der Waals surface area contributed by atoms with Gasteiger partial charge in [0.25, 0.3) is 5.91 Å². The largest absolute Gasteiger partial charge is 0.445 e. The van der Waals surface area contributed by atoms with E-state index in [0.717, 1.165) is 40.8 Å². The van der Waals surface area contributed by atoms with E-state index >= 15 is 0 Å². The van der Waals surface area contributed by atoms with E-state index in [-0.39, 0.29) is 30.9 Å². The maximum atomic E-state index is 13.3. The zero-order chi connectivity index (χ0) is 31.9. The Morgan fingerprint density at radius 2 is 1.80 bits per heavy atom. The van der Waals surface area contributed by atoms with Crippen LogP contribution in [0.5, 0.6) is 0 Å². The van der Waals surface area contributed by atoms with Crippen molar-refractivity contribution in [3.05, 3.63) is 93.8 Å². The number of anilines is 1. The van der Waals surface area contributed by atoms with E-state index in [1.807, 2.05) is 48.2 Å². The molecule has 2 aromatic carbocycles. The minimum Gasteiger partial charge on any atom is -0.445 e. The van der Waals surface area contributed by atoms with Crippen LogP contribution in [0.25, 0.3) is 6.08 Å². The number of nitrogens with one attached hydrogen (secondary N) is 1. The van der Waals surface area contributed by atoms with Gasteiger partial charge in [0.1, 0.15) is 12.4 Å². The molecule has 0 bridgehead atoms. The normalized spacial score (nSPS) is 13.9. The summed E-state index contributed by atoms with van der Waals surface area (Å²) < 4.78 is 5.54. The first-order valence-corrected chi connectivity index (χ1v) is 15.5. The number of amidine groups is 1. The van der Waals surface area contributed by atoms with Gasteiger partial charge in [0, 0.05) is 54.9 Å². The number of aromatic nitrogens is 1. The number of pyridine rings is 1. The number of aryl methyl sites for hydroxylation is 1. The Balaban J connectivity index is 1.26. The topological polar surface area (TPSA) is 130 Å². The molecule has 0 spiro atoms. The molecule has 3 amide bonds. The summed E-state index contributed by atoms with van der Waals surface area (Å²) in [6, 6.07) is 14.9. The van der Waals surface area contributed by atoms with E-state index in [1.165, 1.54) is 0 Å². The zero-order valence-electron chi connectivity index (χ0n) is 26.1. The van der Waals surface area contributed by atoms with Gasteiger partial charge in [-0.2, -0.15) is 0 Å². The molecule has 3 aromatic rings. The molecule has 3 heterocycles. The molecule has 0 unspecified atom stereocenters. The average Bonchev–Trinajstić information content (AvgIpc) is 3.21. The highest BCUT2D eigenvalue weighted by atomic mass is 16.6. The molecule has 1 aromatic heterocycles. The van der Waals surface area contributed by atoms with E-state index in [9.17, 15) is 14.4 Å². The first-order chi connectivity index (χ1) is 21.7. The second-order valence-corrected chi connectivity index (χ2v) is 11.5. The predicted molar refractivity (Wildman–Crippen MR) is 175 cm³/mol. The highest BCUT2D eigenvalue weighted by Crippen LogP contribution is 2.29. The first-order valence-electron chi connectivity index (χ1n) is 15.5. The summed E-state index contributed by atoms with van der Waals surface area (Å²) in [7, 11) is 0. The lowest BCUT2D eigenvalue weighted by molar-refractivity contribution is -0.127.